The molecule has 1 aliphatic rings. The van der Waals surface area contributed by atoms with Gasteiger partial charge in [0.25, 0.3) is 0 Å². The van der Waals surface area contributed by atoms with Crippen LogP contribution in [-0.4, -0.2) is 37.5 Å². The summed E-state index contributed by atoms with van der Waals surface area (Å²) in [6.45, 7) is 2.66. The van der Waals surface area contributed by atoms with Crippen molar-refractivity contribution in [1.82, 2.24) is 15.8 Å². The third-order valence-corrected chi connectivity index (χ3v) is 2.08. The average Bonchev–Trinajstić information content (AvgIpc) is 2.06. The van der Waals surface area contributed by atoms with E-state index in [4.69, 9.17) is 0 Å². The Kier molecular flexibility index (Phi) is 4.04. The van der Waals surface area contributed by atoms with Gasteiger partial charge in [-0.1, -0.05) is 6.42 Å². The molecule has 1 amide bonds. The maximum Gasteiger partial charge on any atom is 0.248 e. The third-order valence-electron chi connectivity index (χ3n) is 2.08. The number of rotatable bonds is 3. The predicted molar refractivity (Wildman–Crippen MR) is 47.5 cm³/mol. The fourth-order valence-corrected chi connectivity index (χ4v) is 1.50. The van der Waals surface area contributed by atoms with Crippen LogP contribution in [-0.2, 0) is 4.79 Å². The van der Waals surface area contributed by atoms with E-state index in [2.05, 4.69) is 15.8 Å². The molecule has 2 N–H and O–H groups in total. The topological polar surface area (TPSA) is 44.4 Å². The summed E-state index contributed by atoms with van der Waals surface area (Å²) in [4.78, 5) is 13.3. The molecule has 0 bridgehead atoms. The van der Waals surface area contributed by atoms with Gasteiger partial charge in [0.2, 0.25) is 5.91 Å². The second-order valence-electron chi connectivity index (χ2n) is 3.13. The van der Waals surface area contributed by atoms with Gasteiger partial charge in [-0.15, -0.1) is 0 Å². The number of hydrazine groups is 1. The molecule has 0 aromatic heterocycles. The van der Waals surface area contributed by atoms with Crippen molar-refractivity contribution in [2.75, 3.05) is 26.7 Å². The zero-order valence-corrected chi connectivity index (χ0v) is 7.60. The summed E-state index contributed by atoms with van der Waals surface area (Å²) >= 11 is 0. The molecule has 0 saturated carbocycles. The molecule has 1 rings (SSSR count). The van der Waals surface area contributed by atoms with E-state index >= 15 is 0 Å². The lowest BCUT2D eigenvalue weighted by Crippen LogP contribution is -2.43. The Balaban J connectivity index is 2.15. The molecule has 0 unspecified atom stereocenters. The molecular formula is C8H17N3O. The summed E-state index contributed by atoms with van der Waals surface area (Å²) in [6.07, 6.45) is 3.77. The monoisotopic (exact) mass is 171 g/mol. The molecule has 0 atom stereocenters. The van der Waals surface area contributed by atoms with Crippen LogP contribution in [0.15, 0.2) is 0 Å². The van der Waals surface area contributed by atoms with E-state index in [1.54, 1.807) is 7.05 Å². The van der Waals surface area contributed by atoms with Crippen LogP contribution in [0.3, 0.4) is 0 Å². The van der Waals surface area contributed by atoms with Crippen molar-refractivity contribution in [3.05, 3.63) is 0 Å². The second kappa shape index (κ2) is 5.11. The molecule has 1 fully saturated rings. The molecule has 0 aromatic rings. The molecule has 0 aliphatic carbocycles. The van der Waals surface area contributed by atoms with Crippen LogP contribution < -0.4 is 10.9 Å². The number of amides is 1. The average molecular weight is 171 g/mol. The number of carbonyl (C=O) groups is 1. The highest BCUT2D eigenvalue weighted by Gasteiger charge is 2.12. The van der Waals surface area contributed by atoms with Gasteiger partial charge >= 0.3 is 0 Å². The van der Waals surface area contributed by atoms with Gasteiger partial charge in [0.15, 0.2) is 0 Å². The Hall–Kier alpha value is -0.610. The lowest BCUT2D eigenvalue weighted by atomic mass is 10.1. The van der Waals surface area contributed by atoms with Gasteiger partial charge in [-0.3, -0.25) is 15.1 Å². The Morgan fingerprint density at radius 2 is 2.00 bits per heavy atom. The highest BCUT2D eigenvalue weighted by atomic mass is 16.2. The number of nitrogens with zero attached hydrogens (tertiary/aromatic N) is 1. The predicted octanol–water partition coefficient (Wildman–Crippen LogP) is -0.277. The first-order chi connectivity index (χ1) is 5.83. The normalized spacial score (nSPS) is 19.1. The largest absolute Gasteiger partial charge is 0.294 e. The van der Waals surface area contributed by atoms with Crippen molar-refractivity contribution in [2.45, 2.75) is 19.3 Å². The lowest BCUT2D eigenvalue weighted by molar-refractivity contribution is -0.123. The van der Waals surface area contributed by atoms with Crippen molar-refractivity contribution in [3.8, 4) is 0 Å². The Labute approximate surface area is 73.3 Å². The van der Waals surface area contributed by atoms with Crippen molar-refractivity contribution < 1.29 is 4.79 Å². The van der Waals surface area contributed by atoms with Crippen LogP contribution in [0, 0.1) is 0 Å². The van der Waals surface area contributed by atoms with E-state index in [9.17, 15) is 4.79 Å². The number of likely N-dealkylation sites (tertiary alicyclic amines) is 1. The number of carbonyl (C=O) groups excluding carboxylic acids is 1. The number of hydrogen-bond donors (Lipinski definition) is 2. The van der Waals surface area contributed by atoms with Crippen LogP contribution in [0.25, 0.3) is 0 Å². The molecule has 1 saturated heterocycles. The first-order valence-electron chi connectivity index (χ1n) is 4.51. The van der Waals surface area contributed by atoms with E-state index in [0.717, 1.165) is 13.1 Å². The van der Waals surface area contributed by atoms with E-state index < -0.39 is 0 Å². The lowest BCUT2D eigenvalue weighted by Gasteiger charge is -2.25. The first kappa shape index (κ1) is 9.48. The van der Waals surface area contributed by atoms with E-state index in [1.807, 2.05) is 0 Å². The Bertz CT molecular complexity index is 143. The molecule has 0 radical (unpaired) electrons. The molecule has 70 valence electrons. The van der Waals surface area contributed by atoms with Crippen molar-refractivity contribution >= 4 is 5.91 Å². The van der Waals surface area contributed by atoms with Crippen LogP contribution in [0.2, 0.25) is 0 Å². The molecule has 1 heterocycles. The number of piperidine rings is 1. The summed E-state index contributed by atoms with van der Waals surface area (Å²) in [5.74, 6) is 0.0550. The zero-order valence-electron chi connectivity index (χ0n) is 7.60. The van der Waals surface area contributed by atoms with Gasteiger partial charge in [0.1, 0.15) is 0 Å². The molecule has 4 heteroatoms. The molecule has 12 heavy (non-hydrogen) atoms. The quantitative estimate of drug-likeness (QED) is 0.574. The van der Waals surface area contributed by atoms with Gasteiger partial charge < -0.3 is 0 Å². The summed E-state index contributed by atoms with van der Waals surface area (Å²) in [7, 11) is 1.70. The SMILES string of the molecule is CNNC(=O)CN1CCCCC1. The van der Waals surface area contributed by atoms with E-state index in [-0.39, 0.29) is 5.91 Å². The highest BCUT2D eigenvalue weighted by Crippen LogP contribution is 2.07. The van der Waals surface area contributed by atoms with Gasteiger partial charge in [-0.05, 0) is 25.9 Å². The van der Waals surface area contributed by atoms with Crippen molar-refractivity contribution in [1.29, 1.82) is 0 Å². The van der Waals surface area contributed by atoms with Crippen LogP contribution in [0.5, 0.6) is 0 Å². The minimum atomic E-state index is 0.0550. The number of hydrogen-bond acceptors (Lipinski definition) is 3. The zero-order chi connectivity index (χ0) is 8.81. The van der Waals surface area contributed by atoms with Crippen LogP contribution in [0.4, 0.5) is 0 Å². The summed E-state index contributed by atoms with van der Waals surface area (Å²) in [5, 5.41) is 0. The third kappa shape index (κ3) is 3.19. The van der Waals surface area contributed by atoms with Gasteiger partial charge in [-0.2, -0.15) is 0 Å². The maximum absolute atomic E-state index is 11.1. The standard InChI is InChI=1S/C8H17N3O/c1-9-10-8(12)7-11-5-3-2-4-6-11/h9H,2-7H2,1H3,(H,10,12). The van der Waals surface area contributed by atoms with Crippen LogP contribution in [0.1, 0.15) is 19.3 Å². The second-order valence-corrected chi connectivity index (χ2v) is 3.13. The molecule has 0 spiro atoms. The maximum atomic E-state index is 11.1. The fraction of sp³-hybridized carbons (Fsp3) is 0.875. The summed E-state index contributed by atoms with van der Waals surface area (Å²) in [5.41, 5.74) is 5.19. The minimum absolute atomic E-state index is 0.0550. The minimum Gasteiger partial charge on any atom is -0.294 e. The Morgan fingerprint density at radius 3 is 2.58 bits per heavy atom. The Morgan fingerprint density at radius 1 is 1.33 bits per heavy atom. The van der Waals surface area contributed by atoms with Gasteiger partial charge in [0, 0.05) is 7.05 Å². The van der Waals surface area contributed by atoms with Crippen molar-refractivity contribution in [2.24, 2.45) is 0 Å². The molecule has 0 aromatic carbocycles. The molecule has 1 aliphatic heterocycles. The van der Waals surface area contributed by atoms with E-state index in [1.165, 1.54) is 19.3 Å². The summed E-state index contributed by atoms with van der Waals surface area (Å²) in [6, 6.07) is 0. The van der Waals surface area contributed by atoms with E-state index in [0.29, 0.717) is 6.54 Å². The molecular weight excluding hydrogens is 154 g/mol. The highest BCUT2D eigenvalue weighted by molar-refractivity contribution is 5.77. The first-order valence-corrected chi connectivity index (χ1v) is 4.51. The smallest absolute Gasteiger partial charge is 0.248 e. The number of nitrogens with one attached hydrogen (secondary N) is 2. The summed E-state index contributed by atoms with van der Waals surface area (Å²) < 4.78 is 0. The van der Waals surface area contributed by atoms with Crippen LogP contribution >= 0.6 is 0 Å². The fourth-order valence-electron chi connectivity index (χ4n) is 1.50. The van der Waals surface area contributed by atoms with Crippen molar-refractivity contribution in [3.63, 3.8) is 0 Å². The molecule has 4 nitrogen and oxygen atoms in total. The van der Waals surface area contributed by atoms with Gasteiger partial charge in [-0.25, -0.2) is 5.43 Å². The van der Waals surface area contributed by atoms with Gasteiger partial charge in [0.05, 0.1) is 6.54 Å².